The molecule has 0 spiro atoms. The molecule has 80 valence electrons. The van der Waals surface area contributed by atoms with Crippen LogP contribution in [0.5, 0.6) is 0 Å². The van der Waals surface area contributed by atoms with Gasteiger partial charge in [0.2, 0.25) is 0 Å². The minimum absolute atomic E-state index is 0.278. The molecule has 0 fully saturated rings. The highest BCUT2D eigenvalue weighted by Gasteiger charge is 2.37. The zero-order valence-corrected chi connectivity index (χ0v) is 9.48. The van der Waals surface area contributed by atoms with E-state index < -0.39 is 14.9 Å². The van der Waals surface area contributed by atoms with E-state index in [1.54, 1.807) is 0 Å². The first kappa shape index (κ1) is 12.9. The van der Waals surface area contributed by atoms with Gasteiger partial charge < -0.3 is 5.73 Å². The van der Waals surface area contributed by atoms with Gasteiger partial charge in [0, 0.05) is 0 Å². The van der Waals surface area contributed by atoms with Crippen molar-refractivity contribution in [2.24, 2.45) is 11.1 Å². The molecule has 0 radical (unpaired) electrons. The molecule has 5 heteroatoms. The summed E-state index contributed by atoms with van der Waals surface area (Å²) in [6.07, 6.45) is 0.343. The standard InChI is InChI=1S/C8H19NO3S/c1-7(2,6-9)5-8(3,4)13(10,11)12/h5-6,9H2,1-4H3,(H,10,11,12). The Morgan fingerprint density at radius 3 is 1.85 bits per heavy atom. The fourth-order valence-corrected chi connectivity index (χ4v) is 1.89. The van der Waals surface area contributed by atoms with E-state index in [2.05, 4.69) is 0 Å². The molecule has 0 aromatic carbocycles. The third kappa shape index (κ3) is 3.62. The Labute approximate surface area is 80.3 Å². The van der Waals surface area contributed by atoms with Gasteiger partial charge in [-0.3, -0.25) is 4.55 Å². The van der Waals surface area contributed by atoms with E-state index in [9.17, 15) is 8.42 Å². The molecule has 0 unspecified atom stereocenters. The summed E-state index contributed by atoms with van der Waals surface area (Å²) in [7, 11) is -4.00. The van der Waals surface area contributed by atoms with Crippen molar-refractivity contribution in [1.82, 2.24) is 0 Å². The Hall–Kier alpha value is -0.130. The quantitative estimate of drug-likeness (QED) is 0.678. The molecule has 0 heterocycles. The predicted molar refractivity (Wildman–Crippen MR) is 53.1 cm³/mol. The van der Waals surface area contributed by atoms with Crippen LogP contribution < -0.4 is 5.73 Å². The maximum Gasteiger partial charge on any atom is 0.270 e. The van der Waals surface area contributed by atoms with Gasteiger partial charge in [0.1, 0.15) is 0 Å². The van der Waals surface area contributed by atoms with Gasteiger partial charge in [0.25, 0.3) is 10.1 Å². The van der Waals surface area contributed by atoms with Crippen molar-refractivity contribution < 1.29 is 13.0 Å². The average Bonchev–Trinajstić information content (AvgIpc) is 1.83. The third-order valence-corrected chi connectivity index (χ3v) is 3.70. The van der Waals surface area contributed by atoms with Crippen LogP contribution in [0.3, 0.4) is 0 Å². The van der Waals surface area contributed by atoms with Gasteiger partial charge in [-0.15, -0.1) is 0 Å². The molecule has 0 aromatic heterocycles. The Morgan fingerprint density at radius 2 is 1.62 bits per heavy atom. The first-order valence-electron chi connectivity index (χ1n) is 4.19. The Kier molecular flexibility index (Phi) is 3.52. The van der Waals surface area contributed by atoms with E-state index in [0.717, 1.165) is 0 Å². The van der Waals surface area contributed by atoms with Gasteiger partial charge >= 0.3 is 0 Å². The molecular formula is C8H19NO3S. The number of rotatable bonds is 4. The second-order valence-corrected chi connectivity index (χ2v) is 6.84. The fourth-order valence-electron chi connectivity index (χ4n) is 1.32. The summed E-state index contributed by atoms with van der Waals surface area (Å²) in [6.45, 7) is 7.14. The van der Waals surface area contributed by atoms with Crippen molar-refractivity contribution in [3.05, 3.63) is 0 Å². The van der Waals surface area contributed by atoms with Crippen LogP contribution in [-0.4, -0.2) is 24.3 Å². The lowest BCUT2D eigenvalue weighted by Crippen LogP contribution is -2.39. The summed E-state index contributed by atoms with van der Waals surface area (Å²) in [6, 6.07) is 0. The molecule has 0 aromatic rings. The largest absolute Gasteiger partial charge is 0.330 e. The molecule has 13 heavy (non-hydrogen) atoms. The smallest absolute Gasteiger partial charge is 0.270 e. The first-order valence-corrected chi connectivity index (χ1v) is 5.63. The number of hydrogen-bond donors (Lipinski definition) is 2. The number of hydrogen-bond acceptors (Lipinski definition) is 3. The lowest BCUT2D eigenvalue weighted by atomic mass is 9.84. The second-order valence-electron chi connectivity index (χ2n) is 4.78. The Balaban J connectivity index is 4.72. The molecule has 0 aliphatic heterocycles. The van der Waals surface area contributed by atoms with Crippen LogP contribution in [0.15, 0.2) is 0 Å². The zero-order chi connectivity index (χ0) is 10.9. The van der Waals surface area contributed by atoms with E-state index in [4.69, 9.17) is 10.3 Å². The molecule has 0 amide bonds. The van der Waals surface area contributed by atoms with Crippen molar-refractivity contribution in [3.8, 4) is 0 Å². The van der Waals surface area contributed by atoms with Crippen LogP contribution >= 0.6 is 0 Å². The fraction of sp³-hybridized carbons (Fsp3) is 1.00. The number of nitrogens with two attached hydrogens (primary N) is 1. The monoisotopic (exact) mass is 209 g/mol. The van der Waals surface area contributed by atoms with Crippen LogP contribution in [0.1, 0.15) is 34.1 Å². The van der Waals surface area contributed by atoms with Crippen molar-refractivity contribution in [3.63, 3.8) is 0 Å². The summed E-state index contributed by atoms with van der Waals surface area (Å²) in [5.41, 5.74) is 5.20. The van der Waals surface area contributed by atoms with Gasteiger partial charge in [-0.2, -0.15) is 8.42 Å². The average molecular weight is 209 g/mol. The van der Waals surface area contributed by atoms with E-state index >= 15 is 0 Å². The topological polar surface area (TPSA) is 80.4 Å². The van der Waals surface area contributed by atoms with Gasteiger partial charge in [-0.25, -0.2) is 0 Å². The molecule has 0 aliphatic rings. The van der Waals surface area contributed by atoms with Crippen LogP contribution in [0.4, 0.5) is 0 Å². The lowest BCUT2D eigenvalue weighted by molar-refractivity contribution is 0.294. The first-order chi connectivity index (χ1) is 5.52. The minimum Gasteiger partial charge on any atom is -0.330 e. The van der Waals surface area contributed by atoms with E-state index in [-0.39, 0.29) is 5.41 Å². The molecule has 0 rings (SSSR count). The molecule has 0 atom stereocenters. The van der Waals surface area contributed by atoms with Gasteiger partial charge in [-0.1, -0.05) is 13.8 Å². The summed E-state index contributed by atoms with van der Waals surface area (Å²) in [5, 5.41) is 0. The highest BCUT2D eigenvalue weighted by Crippen LogP contribution is 2.31. The van der Waals surface area contributed by atoms with E-state index in [1.807, 2.05) is 13.8 Å². The molecule has 0 aliphatic carbocycles. The Bertz CT molecular complexity index is 267. The van der Waals surface area contributed by atoms with Crippen LogP contribution in [0.25, 0.3) is 0 Å². The van der Waals surface area contributed by atoms with Crippen molar-refractivity contribution in [2.75, 3.05) is 6.54 Å². The maximum atomic E-state index is 11.0. The van der Waals surface area contributed by atoms with E-state index in [1.165, 1.54) is 13.8 Å². The van der Waals surface area contributed by atoms with Crippen molar-refractivity contribution >= 4 is 10.1 Å². The molecule has 3 N–H and O–H groups in total. The van der Waals surface area contributed by atoms with Crippen molar-refractivity contribution in [1.29, 1.82) is 0 Å². The molecule has 0 saturated heterocycles. The maximum absolute atomic E-state index is 11.0. The summed E-state index contributed by atoms with van der Waals surface area (Å²) >= 11 is 0. The van der Waals surface area contributed by atoms with E-state index in [0.29, 0.717) is 13.0 Å². The highest BCUT2D eigenvalue weighted by atomic mass is 32.2. The molecule has 0 bridgehead atoms. The third-order valence-electron chi connectivity index (χ3n) is 2.16. The normalized spacial score (nSPS) is 14.6. The zero-order valence-electron chi connectivity index (χ0n) is 8.66. The van der Waals surface area contributed by atoms with Crippen molar-refractivity contribution in [2.45, 2.75) is 38.9 Å². The lowest BCUT2D eigenvalue weighted by Gasteiger charge is -2.31. The van der Waals surface area contributed by atoms with Crippen LogP contribution in [0, 0.1) is 5.41 Å². The molecule has 4 nitrogen and oxygen atoms in total. The summed E-state index contributed by atoms with van der Waals surface area (Å²) in [5.74, 6) is 0. The summed E-state index contributed by atoms with van der Waals surface area (Å²) < 4.78 is 29.7. The highest BCUT2D eigenvalue weighted by molar-refractivity contribution is 7.87. The van der Waals surface area contributed by atoms with Gasteiger partial charge in [0.05, 0.1) is 4.75 Å². The summed E-state index contributed by atoms with van der Waals surface area (Å²) in [4.78, 5) is 0. The molecule has 0 saturated carbocycles. The second kappa shape index (κ2) is 3.55. The Morgan fingerprint density at radius 1 is 1.23 bits per heavy atom. The SMILES string of the molecule is CC(C)(CN)CC(C)(C)S(=O)(=O)O. The minimum atomic E-state index is -4.00. The van der Waals surface area contributed by atoms with Gasteiger partial charge in [-0.05, 0) is 32.2 Å². The van der Waals surface area contributed by atoms with Gasteiger partial charge in [0.15, 0.2) is 0 Å². The van der Waals surface area contributed by atoms with Crippen LogP contribution in [0.2, 0.25) is 0 Å². The predicted octanol–water partition coefficient (Wildman–Crippen LogP) is 1.03. The molecular weight excluding hydrogens is 190 g/mol. The van der Waals surface area contributed by atoms with Crippen LogP contribution in [-0.2, 0) is 10.1 Å².